The van der Waals surface area contributed by atoms with Crippen LogP contribution in [0.25, 0.3) is 0 Å². The zero-order valence-electron chi connectivity index (χ0n) is 11.5. The molecule has 1 saturated heterocycles. The quantitative estimate of drug-likeness (QED) is 0.740. The van der Waals surface area contributed by atoms with Crippen LogP contribution in [0.2, 0.25) is 0 Å². The van der Waals surface area contributed by atoms with Crippen LogP contribution in [0.3, 0.4) is 0 Å². The van der Waals surface area contributed by atoms with Gasteiger partial charge in [-0.25, -0.2) is 0 Å². The summed E-state index contributed by atoms with van der Waals surface area (Å²) < 4.78 is 0. The molecule has 1 aliphatic heterocycles. The van der Waals surface area contributed by atoms with Crippen LogP contribution in [0.5, 0.6) is 0 Å². The molecule has 1 rings (SSSR count). The summed E-state index contributed by atoms with van der Waals surface area (Å²) in [6, 6.07) is 1.45. The largest absolute Gasteiger partial charge is 0.318 e. The van der Waals surface area contributed by atoms with Gasteiger partial charge >= 0.3 is 0 Å². The average molecular weight is 227 g/mol. The molecule has 0 radical (unpaired) electrons. The zero-order valence-corrected chi connectivity index (χ0v) is 11.5. The lowest BCUT2D eigenvalue weighted by Gasteiger charge is -2.40. The zero-order chi connectivity index (χ0) is 12.0. The van der Waals surface area contributed by atoms with Gasteiger partial charge in [-0.1, -0.05) is 13.3 Å². The minimum atomic E-state index is 0.700. The molecule has 0 aromatic carbocycles. The molecule has 1 N–H and O–H groups in total. The summed E-state index contributed by atoms with van der Waals surface area (Å²) in [5.41, 5.74) is 0. The number of nitrogens with zero attached hydrogens (tertiary/aromatic N) is 2. The van der Waals surface area contributed by atoms with E-state index in [4.69, 9.17) is 0 Å². The Kier molecular flexibility index (Phi) is 6.32. The molecule has 2 atom stereocenters. The third kappa shape index (κ3) is 4.04. The van der Waals surface area contributed by atoms with Gasteiger partial charge in [0.15, 0.2) is 0 Å². The lowest BCUT2D eigenvalue weighted by atomic mass is 10.0. The van der Waals surface area contributed by atoms with Gasteiger partial charge in [-0.3, -0.25) is 4.90 Å². The Morgan fingerprint density at radius 3 is 2.81 bits per heavy atom. The van der Waals surface area contributed by atoms with E-state index in [0.717, 1.165) is 12.6 Å². The summed E-state index contributed by atoms with van der Waals surface area (Å²) in [6.45, 7) is 5.91. The third-order valence-corrected chi connectivity index (χ3v) is 3.81. The Bertz CT molecular complexity index is 173. The van der Waals surface area contributed by atoms with Crippen molar-refractivity contribution in [2.24, 2.45) is 0 Å². The maximum atomic E-state index is 3.33. The molecule has 1 aliphatic rings. The van der Waals surface area contributed by atoms with Gasteiger partial charge in [0.1, 0.15) is 0 Å². The number of nitrogens with one attached hydrogen (secondary N) is 1. The molecule has 0 saturated carbocycles. The van der Waals surface area contributed by atoms with Crippen molar-refractivity contribution >= 4 is 0 Å². The topological polar surface area (TPSA) is 18.5 Å². The second-order valence-electron chi connectivity index (χ2n) is 5.22. The molecule has 0 aromatic heterocycles. The van der Waals surface area contributed by atoms with Crippen LogP contribution in [0.1, 0.15) is 32.6 Å². The molecule has 1 fully saturated rings. The van der Waals surface area contributed by atoms with Crippen molar-refractivity contribution in [1.29, 1.82) is 0 Å². The van der Waals surface area contributed by atoms with E-state index in [9.17, 15) is 0 Å². The monoisotopic (exact) mass is 227 g/mol. The minimum Gasteiger partial charge on any atom is -0.318 e. The first-order valence-corrected chi connectivity index (χ1v) is 6.74. The normalized spacial score (nSPS) is 24.9. The Hall–Kier alpha value is -0.120. The second-order valence-corrected chi connectivity index (χ2v) is 5.22. The van der Waals surface area contributed by atoms with Crippen LogP contribution in [-0.4, -0.2) is 62.7 Å². The van der Waals surface area contributed by atoms with Gasteiger partial charge in [0, 0.05) is 25.2 Å². The highest BCUT2D eigenvalue weighted by Crippen LogP contribution is 2.17. The summed E-state index contributed by atoms with van der Waals surface area (Å²) in [5, 5.41) is 3.33. The molecule has 3 nitrogen and oxygen atoms in total. The van der Waals surface area contributed by atoms with Gasteiger partial charge in [0.25, 0.3) is 0 Å². The van der Waals surface area contributed by atoms with Crippen LogP contribution in [0.15, 0.2) is 0 Å². The van der Waals surface area contributed by atoms with Gasteiger partial charge in [-0.2, -0.15) is 0 Å². The fraction of sp³-hybridized carbons (Fsp3) is 1.00. The van der Waals surface area contributed by atoms with E-state index in [0.29, 0.717) is 6.04 Å². The summed E-state index contributed by atoms with van der Waals surface area (Å²) >= 11 is 0. The Morgan fingerprint density at radius 1 is 1.50 bits per heavy atom. The van der Waals surface area contributed by atoms with Crippen LogP contribution < -0.4 is 5.32 Å². The van der Waals surface area contributed by atoms with Crippen LogP contribution in [0.4, 0.5) is 0 Å². The van der Waals surface area contributed by atoms with Gasteiger partial charge < -0.3 is 10.2 Å². The molecule has 3 heteroatoms. The van der Waals surface area contributed by atoms with Crippen molar-refractivity contribution in [1.82, 2.24) is 15.1 Å². The van der Waals surface area contributed by atoms with Crippen molar-refractivity contribution in [3.63, 3.8) is 0 Å². The van der Waals surface area contributed by atoms with E-state index in [1.807, 2.05) is 0 Å². The molecule has 0 spiro atoms. The predicted octanol–water partition coefficient (Wildman–Crippen LogP) is 1.40. The average Bonchev–Trinajstić information content (AvgIpc) is 2.28. The highest BCUT2D eigenvalue weighted by atomic mass is 15.2. The molecule has 0 aromatic rings. The summed E-state index contributed by atoms with van der Waals surface area (Å²) in [6.07, 6.45) is 5.30. The van der Waals surface area contributed by atoms with Crippen LogP contribution >= 0.6 is 0 Å². The van der Waals surface area contributed by atoms with E-state index >= 15 is 0 Å². The van der Waals surface area contributed by atoms with E-state index in [-0.39, 0.29) is 0 Å². The van der Waals surface area contributed by atoms with Gasteiger partial charge in [0.05, 0.1) is 0 Å². The summed E-state index contributed by atoms with van der Waals surface area (Å²) in [7, 11) is 6.61. The SMILES string of the molecule is CCCC(CNC)N(C)C1CCCN(C)C1. The summed E-state index contributed by atoms with van der Waals surface area (Å²) in [5.74, 6) is 0. The number of likely N-dealkylation sites (N-methyl/N-ethyl adjacent to an activating group) is 3. The van der Waals surface area contributed by atoms with E-state index in [1.54, 1.807) is 0 Å². The predicted molar refractivity (Wildman–Crippen MR) is 70.9 cm³/mol. The highest BCUT2D eigenvalue weighted by molar-refractivity contribution is 4.82. The van der Waals surface area contributed by atoms with Crippen molar-refractivity contribution < 1.29 is 0 Å². The van der Waals surface area contributed by atoms with Crippen molar-refractivity contribution in [3.8, 4) is 0 Å². The van der Waals surface area contributed by atoms with E-state index in [1.165, 1.54) is 38.8 Å². The van der Waals surface area contributed by atoms with Crippen molar-refractivity contribution in [2.45, 2.75) is 44.7 Å². The lowest BCUT2D eigenvalue weighted by molar-refractivity contribution is 0.0943. The van der Waals surface area contributed by atoms with Crippen LogP contribution in [0, 0.1) is 0 Å². The molecule has 96 valence electrons. The van der Waals surface area contributed by atoms with Crippen molar-refractivity contribution in [3.05, 3.63) is 0 Å². The Balaban J connectivity index is 2.47. The van der Waals surface area contributed by atoms with Crippen molar-refractivity contribution in [2.75, 3.05) is 40.8 Å². The molecule has 0 amide bonds. The fourth-order valence-corrected chi connectivity index (χ4v) is 2.79. The molecule has 16 heavy (non-hydrogen) atoms. The van der Waals surface area contributed by atoms with Crippen LogP contribution in [-0.2, 0) is 0 Å². The van der Waals surface area contributed by atoms with Gasteiger partial charge in [-0.05, 0) is 47.0 Å². The first-order valence-electron chi connectivity index (χ1n) is 6.74. The molecule has 0 bridgehead atoms. The Labute approximate surface area is 101 Å². The number of likely N-dealkylation sites (tertiary alicyclic amines) is 1. The Morgan fingerprint density at radius 2 is 2.25 bits per heavy atom. The lowest BCUT2D eigenvalue weighted by Crippen LogP contribution is -2.51. The number of piperidine rings is 1. The number of rotatable bonds is 6. The van der Waals surface area contributed by atoms with E-state index in [2.05, 4.69) is 43.2 Å². The molecule has 2 unspecified atom stereocenters. The minimum absolute atomic E-state index is 0.700. The number of hydrogen-bond acceptors (Lipinski definition) is 3. The maximum Gasteiger partial charge on any atom is 0.0223 e. The maximum absolute atomic E-state index is 3.33. The fourth-order valence-electron chi connectivity index (χ4n) is 2.79. The first kappa shape index (κ1) is 13.9. The molecule has 0 aliphatic carbocycles. The molecular formula is C13H29N3. The van der Waals surface area contributed by atoms with E-state index < -0.39 is 0 Å². The standard InChI is InChI=1S/C13H29N3/c1-5-7-12(10-14-2)16(4)13-8-6-9-15(3)11-13/h12-14H,5-11H2,1-4H3. The highest BCUT2D eigenvalue weighted by Gasteiger charge is 2.25. The third-order valence-electron chi connectivity index (χ3n) is 3.81. The second kappa shape index (κ2) is 7.25. The molecule has 1 heterocycles. The molecular weight excluding hydrogens is 198 g/mol. The number of hydrogen-bond donors (Lipinski definition) is 1. The first-order chi connectivity index (χ1) is 7.69. The summed E-state index contributed by atoms with van der Waals surface area (Å²) in [4.78, 5) is 5.07. The van der Waals surface area contributed by atoms with Gasteiger partial charge in [0.2, 0.25) is 0 Å². The smallest absolute Gasteiger partial charge is 0.0223 e. The van der Waals surface area contributed by atoms with Gasteiger partial charge in [-0.15, -0.1) is 0 Å².